The van der Waals surface area contributed by atoms with Crippen molar-refractivity contribution in [2.24, 2.45) is 0 Å². The van der Waals surface area contributed by atoms with E-state index in [4.69, 9.17) is 18.9 Å². The molecule has 2 heterocycles. The Labute approximate surface area is 323 Å². The molecule has 0 spiro atoms. The van der Waals surface area contributed by atoms with Gasteiger partial charge in [-0.25, -0.2) is 19.2 Å². The summed E-state index contributed by atoms with van der Waals surface area (Å²) in [5.41, 5.74) is 1.58. The van der Waals surface area contributed by atoms with Crippen molar-refractivity contribution < 1.29 is 48.0 Å². The maximum absolute atomic E-state index is 13.6. The van der Waals surface area contributed by atoms with Crippen molar-refractivity contribution in [2.75, 3.05) is 26.4 Å². The molecule has 2 unspecified atom stereocenters. The molecule has 0 saturated carbocycles. The van der Waals surface area contributed by atoms with E-state index in [-0.39, 0.29) is 71.2 Å². The van der Waals surface area contributed by atoms with Crippen LogP contribution in [0.2, 0.25) is 0 Å². The van der Waals surface area contributed by atoms with Gasteiger partial charge >= 0.3 is 23.9 Å². The van der Waals surface area contributed by atoms with Gasteiger partial charge in [-0.3, -0.25) is 20.2 Å². The van der Waals surface area contributed by atoms with Crippen LogP contribution in [0.5, 0.6) is 0 Å². The highest BCUT2D eigenvalue weighted by Gasteiger charge is 2.42. The molecule has 0 aliphatic carbocycles. The molecular formula is C40H46N4O12. The number of unbranched alkanes of at least 4 members (excludes halogenated alkanes) is 3. The van der Waals surface area contributed by atoms with E-state index >= 15 is 0 Å². The fourth-order valence-corrected chi connectivity index (χ4v) is 6.95. The van der Waals surface area contributed by atoms with E-state index in [0.717, 1.165) is 0 Å². The van der Waals surface area contributed by atoms with Gasteiger partial charge in [-0.15, -0.1) is 0 Å². The Morgan fingerprint density at radius 1 is 0.536 bits per heavy atom. The summed E-state index contributed by atoms with van der Waals surface area (Å²) in [5, 5.41) is 30.0. The smallest absolute Gasteiger partial charge is 0.336 e. The zero-order valence-corrected chi connectivity index (χ0v) is 32.2. The molecular weight excluding hydrogens is 728 g/mol. The van der Waals surface area contributed by atoms with E-state index in [9.17, 15) is 39.4 Å². The number of nitrogens with zero attached hydrogens (tertiary/aromatic N) is 2. The number of nitro benzene ring substituents is 2. The van der Waals surface area contributed by atoms with Crippen LogP contribution < -0.4 is 10.6 Å². The summed E-state index contributed by atoms with van der Waals surface area (Å²) in [7, 11) is 0. The molecule has 0 bridgehead atoms. The Morgan fingerprint density at radius 3 is 1.14 bits per heavy atom. The number of allylic oxidation sites excluding steroid dienone is 4. The third-order valence-corrected chi connectivity index (χ3v) is 9.35. The van der Waals surface area contributed by atoms with Gasteiger partial charge in [0.1, 0.15) is 0 Å². The van der Waals surface area contributed by atoms with Gasteiger partial charge in [-0.1, -0.05) is 36.4 Å². The molecule has 16 nitrogen and oxygen atoms in total. The van der Waals surface area contributed by atoms with Crippen molar-refractivity contribution in [2.45, 2.75) is 79.1 Å². The maximum Gasteiger partial charge on any atom is 0.336 e. The van der Waals surface area contributed by atoms with Crippen LogP contribution in [0.15, 0.2) is 93.6 Å². The minimum atomic E-state index is -1.11. The summed E-state index contributed by atoms with van der Waals surface area (Å²) in [6, 6.07) is 11.8. The Balaban J connectivity index is 1.39. The van der Waals surface area contributed by atoms with Crippen molar-refractivity contribution in [1.82, 2.24) is 10.6 Å². The van der Waals surface area contributed by atoms with Crippen LogP contribution in [0.3, 0.4) is 0 Å². The zero-order valence-electron chi connectivity index (χ0n) is 32.2. The van der Waals surface area contributed by atoms with Crippen LogP contribution in [-0.4, -0.2) is 60.2 Å². The molecule has 2 N–H and O–H groups in total. The number of esters is 4. The Kier molecular flexibility index (Phi) is 14.6. The summed E-state index contributed by atoms with van der Waals surface area (Å²) in [4.78, 5) is 76.3. The quantitative estimate of drug-likeness (QED) is 0.0581. The summed E-state index contributed by atoms with van der Waals surface area (Å²) >= 11 is 0. The standard InChI is InChI=1S/C40H46N4O12/c1-7-53-37(45)31-23(3)41-25(5)33(35(31)27-17-11-13-19-29(27)43(49)50)39(47)55-21-15-9-10-16-22-56-40(48)34-26(6)42-24(4)32(38(46)54-8-2)36(34)28-18-12-14-20-30(28)44(51)52/h11-14,17-20,35-36,41-42H,7-10,15-16,21-22H2,1-6H3. The Morgan fingerprint density at radius 2 is 0.839 bits per heavy atom. The fourth-order valence-electron chi connectivity index (χ4n) is 6.95. The molecule has 2 aliphatic rings. The predicted octanol–water partition coefficient (Wildman–Crippen LogP) is 6.45. The number of rotatable bonds is 17. The molecule has 0 aromatic heterocycles. The molecule has 16 heteroatoms. The van der Waals surface area contributed by atoms with Gasteiger partial charge in [0.05, 0.1) is 70.4 Å². The van der Waals surface area contributed by atoms with Crippen LogP contribution in [0.1, 0.15) is 90.2 Å². The van der Waals surface area contributed by atoms with Crippen LogP contribution in [0.25, 0.3) is 0 Å². The molecule has 2 aromatic rings. The number of hydrogen-bond acceptors (Lipinski definition) is 14. The number of ether oxygens (including phenoxy) is 4. The summed E-state index contributed by atoms with van der Waals surface area (Å²) in [6.07, 6.45) is 2.05. The van der Waals surface area contributed by atoms with E-state index in [1.165, 1.54) is 36.4 Å². The molecule has 0 saturated heterocycles. The van der Waals surface area contributed by atoms with Crippen molar-refractivity contribution in [1.29, 1.82) is 0 Å². The second kappa shape index (κ2) is 19.3. The SMILES string of the molecule is CCOC(=O)C1=C(C)NC(C)=C(C(=O)OCCCCCCOC(=O)C2=C(C)NC(C)=C(C(=O)OCC)C2c2ccccc2[N+](=O)[O-])C1c1ccccc1[N+](=O)[O-]. The van der Waals surface area contributed by atoms with Crippen molar-refractivity contribution >= 4 is 35.3 Å². The maximum atomic E-state index is 13.6. The number of carbonyl (C=O) groups is 4. The number of nitro groups is 2. The number of hydrogen-bond donors (Lipinski definition) is 2. The lowest BCUT2D eigenvalue weighted by atomic mass is 9.79. The summed E-state index contributed by atoms with van der Waals surface area (Å²) in [5.74, 6) is -5.15. The highest BCUT2D eigenvalue weighted by Crippen LogP contribution is 2.44. The molecule has 2 atom stereocenters. The van der Waals surface area contributed by atoms with Crippen LogP contribution in [0, 0.1) is 20.2 Å². The van der Waals surface area contributed by atoms with E-state index in [1.54, 1.807) is 53.7 Å². The van der Waals surface area contributed by atoms with Gasteiger partial charge in [-0.05, 0) is 67.2 Å². The van der Waals surface area contributed by atoms with Gasteiger partial charge in [0.2, 0.25) is 0 Å². The summed E-state index contributed by atoms with van der Waals surface area (Å²) in [6.45, 7) is 9.92. The van der Waals surface area contributed by atoms with Gasteiger partial charge in [0.25, 0.3) is 11.4 Å². The van der Waals surface area contributed by atoms with Crippen LogP contribution in [-0.2, 0) is 38.1 Å². The zero-order chi connectivity index (χ0) is 41.1. The lowest BCUT2D eigenvalue weighted by molar-refractivity contribution is -0.385. The lowest BCUT2D eigenvalue weighted by Crippen LogP contribution is -2.33. The number of para-hydroxylation sites is 2. The number of benzene rings is 2. The molecule has 4 rings (SSSR count). The van der Waals surface area contributed by atoms with Crippen molar-refractivity contribution in [3.63, 3.8) is 0 Å². The fraction of sp³-hybridized carbons (Fsp3) is 0.400. The highest BCUT2D eigenvalue weighted by molar-refractivity contribution is 6.01. The monoisotopic (exact) mass is 774 g/mol. The average molecular weight is 775 g/mol. The van der Waals surface area contributed by atoms with Crippen LogP contribution >= 0.6 is 0 Å². The third-order valence-electron chi connectivity index (χ3n) is 9.35. The van der Waals surface area contributed by atoms with E-state index < -0.39 is 45.6 Å². The van der Waals surface area contributed by atoms with Crippen molar-refractivity contribution in [3.05, 3.63) is 125 Å². The molecule has 0 fully saturated rings. The molecule has 0 amide bonds. The largest absolute Gasteiger partial charge is 0.463 e. The number of carbonyl (C=O) groups excluding carboxylic acids is 4. The third kappa shape index (κ3) is 9.48. The van der Waals surface area contributed by atoms with E-state index in [1.807, 2.05) is 0 Å². The van der Waals surface area contributed by atoms with E-state index in [2.05, 4.69) is 10.6 Å². The van der Waals surface area contributed by atoms with Gasteiger partial charge in [0, 0.05) is 46.0 Å². The van der Waals surface area contributed by atoms with Gasteiger partial charge < -0.3 is 29.6 Å². The predicted molar refractivity (Wildman–Crippen MR) is 202 cm³/mol. The minimum absolute atomic E-state index is 0.00798. The average Bonchev–Trinajstić information content (AvgIpc) is 3.15. The first-order chi connectivity index (χ1) is 26.7. The van der Waals surface area contributed by atoms with Gasteiger partial charge in [0.15, 0.2) is 0 Å². The minimum Gasteiger partial charge on any atom is -0.463 e. The first-order valence-corrected chi connectivity index (χ1v) is 18.3. The van der Waals surface area contributed by atoms with Crippen LogP contribution in [0.4, 0.5) is 11.4 Å². The number of dihydropyridines is 2. The van der Waals surface area contributed by atoms with Crippen molar-refractivity contribution in [3.8, 4) is 0 Å². The molecule has 2 aromatic carbocycles. The number of nitrogens with one attached hydrogen (secondary N) is 2. The molecule has 56 heavy (non-hydrogen) atoms. The van der Waals surface area contributed by atoms with E-state index in [0.29, 0.717) is 48.5 Å². The lowest BCUT2D eigenvalue weighted by Gasteiger charge is -2.30. The molecule has 2 aliphatic heterocycles. The molecule has 298 valence electrons. The highest BCUT2D eigenvalue weighted by atomic mass is 16.6. The van der Waals surface area contributed by atoms with Gasteiger partial charge in [-0.2, -0.15) is 0 Å². The normalized spacial score (nSPS) is 16.8. The molecule has 0 radical (unpaired) electrons. The summed E-state index contributed by atoms with van der Waals surface area (Å²) < 4.78 is 21.8. The Hall–Kier alpha value is -6.32. The first-order valence-electron chi connectivity index (χ1n) is 18.3. The first kappa shape index (κ1) is 42.4. The Bertz CT molecular complexity index is 1890. The second-order valence-electron chi connectivity index (χ2n) is 13.0. The topological polar surface area (TPSA) is 216 Å². The second-order valence-corrected chi connectivity index (χ2v) is 13.0.